The first kappa shape index (κ1) is 17.7. The lowest BCUT2D eigenvalue weighted by Crippen LogP contribution is -2.24. The molecule has 0 bridgehead atoms. The Bertz CT molecular complexity index is 691. The third-order valence-electron chi connectivity index (χ3n) is 3.51. The summed E-state index contributed by atoms with van der Waals surface area (Å²) in [6, 6.07) is 10.4. The van der Waals surface area contributed by atoms with Crippen molar-refractivity contribution in [2.45, 2.75) is 17.5 Å². The van der Waals surface area contributed by atoms with Crippen LogP contribution in [-0.4, -0.2) is 34.1 Å². The van der Waals surface area contributed by atoms with Crippen molar-refractivity contribution < 1.29 is 18.1 Å². The van der Waals surface area contributed by atoms with Crippen molar-refractivity contribution in [2.24, 2.45) is 0 Å². The summed E-state index contributed by atoms with van der Waals surface area (Å²) in [4.78, 5) is 2.56. The van der Waals surface area contributed by atoms with E-state index in [9.17, 15) is 18.1 Å². The molecule has 0 spiro atoms. The number of nitrogens with zero attached hydrogens (tertiary/aromatic N) is 1. The van der Waals surface area contributed by atoms with Gasteiger partial charge < -0.3 is 5.11 Å². The maximum absolute atomic E-state index is 13.6. The van der Waals surface area contributed by atoms with Crippen molar-refractivity contribution >= 4 is 10.8 Å². The fourth-order valence-electron chi connectivity index (χ4n) is 2.33. The molecule has 0 saturated heterocycles. The molecule has 2 aromatic carbocycles. The zero-order chi connectivity index (χ0) is 17.0. The van der Waals surface area contributed by atoms with Crippen LogP contribution in [0, 0.1) is 11.6 Å². The normalized spacial score (nSPS) is 14.0. The maximum Gasteiger partial charge on any atom is 0.129 e. The molecule has 0 saturated carbocycles. The smallest absolute Gasteiger partial charge is 0.129 e. The zero-order valence-electron chi connectivity index (χ0n) is 13.0. The predicted octanol–water partition coefficient (Wildman–Crippen LogP) is 2.87. The third kappa shape index (κ3) is 4.92. The molecular formula is C17H19F2NO2S. The lowest BCUT2D eigenvalue weighted by molar-refractivity contribution is 0.120. The van der Waals surface area contributed by atoms with Crippen LogP contribution in [0.1, 0.15) is 17.2 Å². The van der Waals surface area contributed by atoms with E-state index in [-0.39, 0.29) is 12.1 Å². The summed E-state index contributed by atoms with van der Waals surface area (Å²) in [6.45, 7) is 0.701. The summed E-state index contributed by atoms with van der Waals surface area (Å²) in [6.07, 6.45) is 0.503. The molecule has 124 valence electrons. The van der Waals surface area contributed by atoms with Gasteiger partial charge in [0.25, 0.3) is 0 Å². The van der Waals surface area contributed by atoms with Crippen LogP contribution in [0.4, 0.5) is 8.78 Å². The summed E-state index contributed by atoms with van der Waals surface area (Å²) >= 11 is 0. The summed E-state index contributed by atoms with van der Waals surface area (Å²) in [5.41, 5.74) is 0.933. The lowest BCUT2D eigenvalue weighted by Gasteiger charge is -2.21. The fourth-order valence-corrected chi connectivity index (χ4v) is 2.85. The van der Waals surface area contributed by atoms with Gasteiger partial charge in [-0.05, 0) is 42.9 Å². The minimum atomic E-state index is -1.11. The van der Waals surface area contributed by atoms with Crippen LogP contribution < -0.4 is 0 Å². The number of aliphatic hydroxyl groups is 1. The molecule has 6 heteroatoms. The van der Waals surface area contributed by atoms with Crippen molar-refractivity contribution in [3.8, 4) is 0 Å². The van der Waals surface area contributed by atoms with Crippen LogP contribution in [0.25, 0.3) is 0 Å². The number of halogens is 2. The van der Waals surface area contributed by atoms with E-state index in [0.29, 0.717) is 6.54 Å². The molecule has 2 rings (SSSR count). The van der Waals surface area contributed by atoms with Crippen molar-refractivity contribution in [2.75, 3.05) is 19.8 Å². The molecule has 3 nitrogen and oxygen atoms in total. The average molecular weight is 339 g/mol. The van der Waals surface area contributed by atoms with Gasteiger partial charge in [-0.25, -0.2) is 8.78 Å². The molecule has 0 aliphatic carbocycles. The molecule has 0 radical (unpaired) electrons. The fraction of sp³-hybridized carbons (Fsp3) is 0.294. The highest BCUT2D eigenvalue weighted by Crippen LogP contribution is 2.20. The summed E-state index contributed by atoms with van der Waals surface area (Å²) in [5, 5.41) is 10.1. The quantitative estimate of drug-likeness (QED) is 0.880. The van der Waals surface area contributed by atoms with Gasteiger partial charge in [0.05, 0.1) is 6.10 Å². The van der Waals surface area contributed by atoms with Gasteiger partial charge in [-0.1, -0.05) is 12.1 Å². The van der Waals surface area contributed by atoms with Crippen LogP contribution in [0.15, 0.2) is 47.4 Å². The number of aliphatic hydroxyl groups excluding tert-OH is 1. The average Bonchev–Trinajstić information content (AvgIpc) is 2.50. The number of likely N-dealkylation sites (N-methyl/N-ethyl adjacent to an activating group) is 1. The Morgan fingerprint density at radius 2 is 1.83 bits per heavy atom. The highest BCUT2D eigenvalue weighted by molar-refractivity contribution is 7.84. The number of rotatable bonds is 6. The Balaban J connectivity index is 1.99. The maximum atomic E-state index is 13.6. The topological polar surface area (TPSA) is 40.5 Å². The zero-order valence-corrected chi connectivity index (χ0v) is 13.8. The molecule has 23 heavy (non-hydrogen) atoms. The van der Waals surface area contributed by atoms with Gasteiger partial charge in [-0.2, -0.15) is 0 Å². The first-order valence-electron chi connectivity index (χ1n) is 7.10. The minimum absolute atomic E-state index is 0.0476. The summed E-state index contributed by atoms with van der Waals surface area (Å²) in [7, 11) is 0.764. The molecular weight excluding hydrogens is 320 g/mol. The van der Waals surface area contributed by atoms with E-state index in [1.807, 2.05) is 17.0 Å². The van der Waals surface area contributed by atoms with Gasteiger partial charge in [0.2, 0.25) is 0 Å². The molecule has 2 aromatic rings. The number of hydrogen-bond donors (Lipinski definition) is 1. The van der Waals surface area contributed by atoms with Crippen LogP contribution in [-0.2, 0) is 17.3 Å². The van der Waals surface area contributed by atoms with E-state index in [2.05, 4.69) is 0 Å². The van der Waals surface area contributed by atoms with Crippen molar-refractivity contribution in [1.82, 2.24) is 4.90 Å². The predicted molar refractivity (Wildman–Crippen MR) is 86.4 cm³/mol. The molecule has 1 N–H and O–H groups in total. The van der Waals surface area contributed by atoms with Crippen molar-refractivity contribution in [3.05, 3.63) is 65.2 Å². The first-order chi connectivity index (χ1) is 10.9. The second kappa shape index (κ2) is 7.77. The van der Waals surface area contributed by atoms with E-state index in [1.54, 1.807) is 25.4 Å². The van der Waals surface area contributed by atoms with E-state index in [1.165, 1.54) is 0 Å². The van der Waals surface area contributed by atoms with E-state index < -0.39 is 28.5 Å². The van der Waals surface area contributed by atoms with Crippen molar-refractivity contribution in [1.29, 1.82) is 0 Å². The Labute approximate surface area is 137 Å². The van der Waals surface area contributed by atoms with Crippen LogP contribution in [0.5, 0.6) is 0 Å². The molecule has 2 unspecified atom stereocenters. The van der Waals surface area contributed by atoms with E-state index in [4.69, 9.17) is 0 Å². The van der Waals surface area contributed by atoms with Crippen LogP contribution >= 0.6 is 0 Å². The van der Waals surface area contributed by atoms with Crippen LogP contribution in [0.3, 0.4) is 0 Å². The standard InChI is InChI=1S/C17H19F2NO2S/c1-20(10-12-3-6-14(7-4-12)23(2)22)11-17(21)15-9-13(18)5-8-16(15)19/h3-9,17,21H,10-11H2,1-2H3. The third-order valence-corrected chi connectivity index (χ3v) is 4.45. The van der Waals surface area contributed by atoms with Crippen LogP contribution in [0.2, 0.25) is 0 Å². The van der Waals surface area contributed by atoms with Crippen molar-refractivity contribution in [3.63, 3.8) is 0 Å². The molecule has 0 amide bonds. The van der Waals surface area contributed by atoms with Gasteiger partial charge in [-0.15, -0.1) is 0 Å². The second-order valence-corrected chi connectivity index (χ2v) is 6.86. The van der Waals surface area contributed by atoms with Gasteiger partial charge in [0.1, 0.15) is 11.6 Å². The Morgan fingerprint density at radius 1 is 1.17 bits per heavy atom. The highest BCUT2D eigenvalue weighted by Gasteiger charge is 2.16. The number of benzene rings is 2. The Morgan fingerprint density at radius 3 is 2.43 bits per heavy atom. The Hall–Kier alpha value is -1.63. The largest absolute Gasteiger partial charge is 0.387 e. The minimum Gasteiger partial charge on any atom is -0.387 e. The molecule has 0 fully saturated rings. The Kier molecular flexibility index (Phi) is 5.98. The first-order valence-corrected chi connectivity index (χ1v) is 8.66. The molecule has 0 aliphatic rings. The molecule has 0 aliphatic heterocycles. The molecule has 0 heterocycles. The molecule has 2 atom stereocenters. The second-order valence-electron chi connectivity index (χ2n) is 5.48. The SMILES string of the molecule is CN(Cc1ccc(S(C)=O)cc1)CC(O)c1cc(F)ccc1F. The number of hydrogen-bond acceptors (Lipinski definition) is 3. The molecule has 0 aromatic heterocycles. The summed E-state index contributed by atoms with van der Waals surface area (Å²) in [5.74, 6) is -1.20. The van der Waals surface area contributed by atoms with Gasteiger partial charge in [-0.3, -0.25) is 9.11 Å². The van der Waals surface area contributed by atoms with Gasteiger partial charge in [0.15, 0.2) is 0 Å². The highest BCUT2D eigenvalue weighted by atomic mass is 32.2. The lowest BCUT2D eigenvalue weighted by atomic mass is 10.1. The van der Waals surface area contributed by atoms with E-state index in [0.717, 1.165) is 28.7 Å². The van der Waals surface area contributed by atoms with E-state index >= 15 is 0 Å². The monoisotopic (exact) mass is 339 g/mol. The van der Waals surface area contributed by atoms with Gasteiger partial charge >= 0.3 is 0 Å². The summed E-state index contributed by atoms with van der Waals surface area (Å²) < 4.78 is 38.2. The van der Waals surface area contributed by atoms with Gasteiger partial charge in [0, 0.05) is 40.6 Å².